The first-order valence-electron chi connectivity index (χ1n) is 10.4. The number of carbonyl (C=O) groups is 1. The minimum atomic E-state index is 0.154. The minimum absolute atomic E-state index is 0.154. The molecule has 0 radical (unpaired) electrons. The van der Waals surface area contributed by atoms with Crippen LogP contribution >= 0.6 is 23.1 Å². The third kappa shape index (κ3) is 6.06. The Labute approximate surface area is 188 Å². The molecule has 0 fully saturated rings. The summed E-state index contributed by atoms with van der Waals surface area (Å²) in [6.45, 7) is 7.96. The van der Waals surface area contributed by atoms with Crippen LogP contribution in [0.4, 0.5) is 5.13 Å². The Morgan fingerprint density at radius 3 is 2.43 bits per heavy atom. The fraction of sp³-hybridized carbons (Fsp3) is 0.417. The van der Waals surface area contributed by atoms with Gasteiger partial charge in [-0.15, -0.1) is 11.8 Å². The van der Waals surface area contributed by atoms with Crippen LogP contribution < -0.4 is 4.90 Å². The van der Waals surface area contributed by atoms with Crippen molar-refractivity contribution in [1.82, 2.24) is 9.88 Å². The second kappa shape index (κ2) is 10.4. The predicted molar refractivity (Wildman–Crippen MR) is 131 cm³/mol. The summed E-state index contributed by atoms with van der Waals surface area (Å²) in [5.41, 5.74) is 4.73. The van der Waals surface area contributed by atoms with Crippen LogP contribution in [0.2, 0.25) is 0 Å². The maximum absolute atomic E-state index is 13.1. The Kier molecular flexibility index (Phi) is 7.92. The monoisotopic (exact) mass is 441 g/mol. The van der Waals surface area contributed by atoms with E-state index in [9.17, 15) is 4.79 Å². The van der Waals surface area contributed by atoms with Gasteiger partial charge in [-0.3, -0.25) is 9.69 Å². The van der Waals surface area contributed by atoms with Gasteiger partial charge in [0.05, 0.1) is 10.2 Å². The maximum atomic E-state index is 13.1. The van der Waals surface area contributed by atoms with E-state index >= 15 is 0 Å². The second-order valence-electron chi connectivity index (χ2n) is 8.01. The minimum Gasteiger partial charge on any atom is -0.309 e. The number of hydrogen-bond donors (Lipinski definition) is 0. The van der Waals surface area contributed by atoms with Gasteiger partial charge in [0.25, 0.3) is 0 Å². The number of hydrogen-bond acceptors (Lipinski definition) is 5. The molecule has 0 bridgehead atoms. The van der Waals surface area contributed by atoms with Gasteiger partial charge in [0.2, 0.25) is 5.91 Å². The molecule has 3 aromatic rings. The van der Waals surface area contributed by atoms with Gasteiger partial charge >= 0.3 is 0 Å². The van der Waals surface area contributed by atoms with Crippen molar-refractivity contribution >= 4 is 44.4 Å². The molecule has 160 valence electrons. The zero-order valence-electron chi connectivity index (χ0n) is 18.6. The molecule has 0 spiro atoms. The van der Waals surface area contributed by atoms with Crippen molar-refractivity contribution in [3.8, 4) is 0 Å². The van der Waals surface area contributed by atoms with Gasteiger partial charge in [0.15, 0.2) is 5.13 Å². The normalized spacial score (nSPS) is 11.4. The molecule has 4 nitrogen and oxygen atoms in total. The second-order valence-corrected chi connectivity index (χ2v) is 10.2. The third-order valence-electron chi connectivity index (χ3n) is 5.12. The van der Waals surface area contributed by atoms with Crippen LogP contribution in [0, 0.1) is 20.8 Å². The highest BCUT2D eigenvalue weighted by atomic mass is 32.2. The summed E-state index contributed by atoms with van der Waals surface area (Å²) >= 11 is 3.36. The Morgan fingerprint density at radius 2 is 1.73 bits per heavy atom. The lowest BCUT2D eigenvalue weighted by molar-refractivity contribution is -0.118. The Morgan fingerprint density at radius 1 is 1.03 bits per heavy atom. The van der Waals surface area contributed by atoms with Gasteiger partial charge in [-0.25, -0.2) is 4.98 Å². The molecular formula is C24H31N3OS2. The van der Waals surface area contributed by atoms with Crippen LogP contribution in [0.25, 0.3) is 10.2 Å². The first-order valence-corrected chi connectivity index (χ1v) is 12.2. The first kappa shape index (κ1) is 22.8. The lowest BCUT2D eigenvalue weighted by Crippen LogP contribution is -2.33. The van der Waals surface area contributed by atoms with Crippen LogP contribution in [-0.4, -0.2) is 48.7 Å². The molecule has 0 atom stereocenters. The number of anilines is 1. The van der Waals surface area contributed by atoms with Crippen molar-refractivity contribution in [3.05, 3.63) is 53.1 Å². The summed E-state index contributed by atoms with van der Waals surface area (Å²) in [5, 5.41) is 0.819. The first-order chi connectivity index (χ1) is 14.3. The molecule has 1 heterocycles. The topological polar surface area (TPSA) is 36.4 Å². The number of thiazole rings is 1. The summed E-state index contributed by atoms with van der Waals surface area (Å²) in [7, 11) is 4.13. The van der Waals surface area contributed by atoms with E-state index in [1.54, 1.807) is 23.1 Å². The van der Waals surface area contributed by atoms with E-state index in [0.717, 1.165) is 34.1 Å². The largest absolute Gasteiger partial charge is 0.309 e. The lowest BCUT2D eigenvalue weighted by Gasteiger charge is -2.21. The Hall–Kier alpha value is -1.89. The van der Waals surface area contributed by atoms with E-state index in [2.05, 4.69) is 76.2 Å². The van der Waals surface area contributed by atoms with E-state index in [4.69, 9.17) is 4.98 Å². The summed E-state index contributed by atoms with van der Waals surface area (Å²) in [5.74, 6) is 0.927. The molecule has 0 aliphatic rings. The van der Waals surface area contributed by atoms with Gasteiger partial charge in [0.1, 0.15) is 0 Å². The van der Waals surface area contributed by atoms with Crippen LogP contribution in [0.15, 0.2) is 41.3 Å². The van der Waals surface area contributed by atoms with Gasteiger partial charge in [-0.05, 0) is 83.2 Å². The molecule has 2 aromatic carbocycles. The van der Waals surface area contributed by atoms with Crippen LogP contribution in [-0.2, 0) is 4.79 Å². The molecule has 0 saturated carbocycles. The van der Waals surface area contributed by atoms with E-state index in [0.29, 0.717) is 13.0 Å². The third-order valence-corrected chi connectivity index (χ3v) is 7.17. The molecular weight excluding hydrogens is 410 g/mol. The summed E-state index contributed by atoms with van der Waals surface area (Å²) in [6.07, 6.45) is 1.44. The summed E-state index contributed by atoms with van der Waals surface area (Å²) in [4.78, 5) is 23.2. The highest BCUT2D eigenvalue weighted by Gasteiger charge is 2.20. The summed E-state index contributed by atoms with van der Waals surface area (Å²) < 4.78 is 1.15. The van der Waals surface area contributed by atoms with Crippen LogP contribution in [0.1, 0.15) is 29.5 Å². The van der Waals surface area contributed by atoms with E-state index < -0.39 is 0 Å². The number of aromatic nitrogens is 1. The number of thioether (sulfide) groups is 1. The van der Waals surface area contributed by atoms with Gasteiger partial charge in [-0.2, -0.15) is 0 Å². The molecule has 0 N–H and O–H groups in total. The van der Waals surface area contributed by atoms with Crippen molar-refractivity contribution in [3.63, 3.8) is 0 Å². The van der Waals surface area contributed by atoms with Crippen molar-refractivity contribution < 1.29 is 4.79 Å². The molecule has 30 heavy (non-hydrogen) atoms. The average molecular weight is 442 g/mol. The van der Waals surface area contributed by atoms with Gasteiger partial charge in [-0.1, -0.05) is 29.0 Å². The quantitative estimate of drug-likeness (QED) is 0.400. The molecule has 6 heteroatoms. The molecule has 3 rings (SSSR count). The predicted octanol–water partition coefficient (Wildman–Crippen LogP) is 5.69. The molecule has 0 saturated heterocycles. The standard InChI is InChI=1S/C24H31N3OS2/c1-17-7-9-20(10-8-17)29-14-11-23(28)27(13-6-12-26(4)5)24-25-21-15-18(2)19(3)16-22(21)30-24/h7-10,15-16H,6,11-14H2,1-5H3. The molecule has 1 amide bonds. The zero-order chi connectivity index (χ0) is 21.7. The zero-order valence-corrected chi connectivity index (χ0v) is 20.2. The van der Waals surface area contributed by atoms with Crippen molar-refractivity contribution in [2.24, 2.45) is 0 Å². The highest BCUT2D eigenvalue weighted by Crippen LogP contribution is 2.31. The van der Waals surface area contributed by atoms with E-state index in [-0.39, 0.29) is 5.91 Å². The fourth-order valence-corrected chi connectivity index (χ4v) is 5.11. The number of rotatable bonds is 9. The summed E-state index contributed by atoms with van der Waals surface area (Å²) in [6, 6.07) is 12.8. The smallest absolute Gasteiger partial charge is 0.229 e. The highest BCUT2D eigenvalue weighted by molar-refractivity contribution is 7.99. The number of fused-ring (bicyclic) bond motifs is 1. The van der Waals surface area contributed by atoms with Crippen molar-refractivity contribution in [2.75, 3.05) is 37.8 Å². The van der Waals surface area contributed by atoms with Crippen molar-refractivity contribution in [2.45, 2.75) is 38.5 Å². The van der Waals surface area contributed by atoms with E-state index in [1.807, 2.05) is 4.90 Å². The molecule has 1 aromatic heterocycles. The average Bonchev–Trinajstić information content (AvgIpc) is 3.09. The lowest BCUT2D eigenvalue weighted by atomic mass is 10.1. The molecule has 0 aliphatic heterocycles. The fourth-order valence-electron chi connectivity index (χ4n) is 3.18. The Balaban J connectivity index is 1.72. The van der Waals surface area contributed by atoms with E-state index in [1.165, 1.54) is 21.6 Å². The van der Waals surface area contributed by atoms with Gasteiger partial charge < -0.3 is 4.90 Å². The SMILES string of the molecule is Cc1ccc(SCCC(=O)N(CCCN(C)C)c2nc3cc(C)c(C)cc3s2)cc1. The number of amides is 1. The number of aryl methyl sites for hydroxylation is 3. The molecule has 0 aliphatic carbocycles. The maximum Gasteiger partial charge on any atom is 0.229 e. The van der Waals surface area contributed by atoms with Gasteiger partial charge in [0, 0.05) is 23.6 Å². The van der Waals surface area contributed by atoms with Crippen LogP contribution in [0.5, 0.6) is 0 Å². The number of nitrogens with zero attached hydrogens (tertiary/aromatic N) is 3. The number of benzene rings is 2. The number of carbonyl (C=O) groups excluding carboxylic acids is 1. The van der Waals surface area contributed by atoms with Crippen LogP contribution in [0.3, 0.4) is 0 Å². The Bertz CT molecular complexity index is 957. The van der Waals surface area contributed by atoms with Crippen molar-refractivity contribution in [1.29, 1.82) is 0 Å². The molecule has 0 unspecified atom stereocenters.